The van der Waals surface area contributed by atoms with Crippen LogP contribution in [0.25, 0.3) is 0 Å². The van der Waals surface area contributed by atoms with Gasteiger partial charge in [0.15, 0.2) is 5.11 Å². The van der Waals surface area contributed by atoms with Crippen LogP contribution >= 0.6 is 12.2 Å². The van der Waals surface area contributed by atoms with Gasteiger partial charge >= 0.3 is 0 Å². The zero-order chi connectivity index (χ0) is 18.8. The van der Waals surface area contributed by atoms with Gasteiger partial charge in [-0.05, 0) is 65.8 Å². The number of hydrogen-bond donors (Lipinski definition) is 2. The van der Waals surface area contributed by atoms with Crippen LogP contribution in [0.4, 0.5) is 5.69 Å². The van der Waals surface area contributed by atoms with E-state index in [2.05, 4.69) is 77.3 Å². The van der Waals surface area contributed by atoms with Crippen LogP contribution in [0.2, 0.25) is 0 Å². The van der Waals surface area contributed by atoms with Crippen molar-refractivity contribution in [3.63, 3.8) is 0 Å². The van der Waals surface area contributed by atoms with Crippen LogP contribution in [0, 0.1) is 11.3 Å². The SMILES string of the molecule is CC1CC(NC(=S)Nc2c(C(C)C)cccc2C(C)C)CC(C)(C)C1. The van der Waals surface area contributed by atoms with Crippen LogP contribution in [-0.4, -0.2) is 11.2 Å². The molecule has 25 heavy (non-hydrogen) atoms. The summed E-state index contributed by atoms with van der Waals surface area (Å²) < 4.78 is 0. The summed E-state index contributed by atoms with van der Waals surface area (Å²) in [6.45, 7) is 16.1. The Balaban J connectivity index is 2.15. The molecule has 2 nitrogen and oxygen atoms in total. The molecule has 0 heterocycles. The molecule has 1 fully saturated rings. The first-order chi connectivity index (χ1) is 11.6. The molecule has 1 aromatic carbocycles. The summed E-state index contributed by atoms with van der Waals surface area (Å²) in [6, 6.07) is 7.06. The summed E-state index contributed by atoms with van der Waals surface area (Å²) in [5.41, 5.74) is 4.28. The molecule has 0 saturated heterocycles. The van der Waals surface area contributed by atoms with E-state index in [0.29, 0.717) is 23.3 Å². The van der Waals surface area contributed by atoms with Crippen molar-refractivity contribution in [2.45, 2.75) is 85.6 Å². The second kappa shape index (κ2) is 8.07. The molecular weight excluding hydrogens is 324 g/mol. The molecule has 0 aliphatic heterocycles. The zero-order valence-electron chi connectivity index (χ0n) is 17.1. The fraction of sp³-hybridized carbons (Fsp3) is 0.682. The first-order valence-corrected chi connectivity index (χ1v) is 10.2. The summed E-state index contributed by atoms with van der Waals surface area (Å²) in [6.07, 6.45) is 3.69. The molecule has 0 amide bonds. The maximum absolute atomic E-state index is 5.70. The smallest absolute Gasteiger partial charge is 0.171 e. The van der Waals surface area contributed by atoms with Crippen LogP contribution in [-0.2, 0) is 0 Å². The van der Waals surface area contributed by atoms with Gasteiger partial charge in [0.1, 0.15) is 0 Å². The van der Waals surface area contributed by atoms with E-state index >= 15 is 0 Å². The molecule has 140 valence electrons. The highest BCUT2D eigenvalue weighted by Gasteiger charge is 2.32. The van der Waals surface area contributed by atoms with E-state index in [1.165, 1.54) is 36.1 Å². The summed E-state index contributed by atoms with van der Waals surface area (Å²) >= 11 is 5.70. The number of anilines is 1. The highest BCUT2D eigenvalue weighted by Crippen LogP contribution is 2.38. The lowest BCUT2D eigenvalue weighted by atomic mass is 9.71. The Labute approximate surface area is 160 Å². The largest absolute Gasteiger partial charge is 0.360 e. The van der Waals surface area contributed by atoms with E-state index in [1.807, 2.05) is 0 Å². The third-order valence-electron chi connectivity index (χ3n) is 5.33. The molecule has 0 radical (unpaired) electrons. The maximum atomic E-state index is 5.70. The molecule has 0 spiro atoms. The number of para-hydroxylation sites is 1. The average molecular weight is 361 g/mol. The molecule has 0 bridgehead atoms. The van der Waals surface area contributed by atoms with Crippen molar-refractivity contribution < 1.29 is 0 Å². The minimum absolute atomic E-state index is 0.393. The Hall–Kier alpha value is -1.09. The molecule has 1 aromatic rings. The third kappa shape index (κ3) is 5.44. The molecule has 1 aliphatic carbocycles. The summed E-state index contributed by atoms with van der Waals surface area (Å²) in [5.74, 6) is 1.69. The predicted octanol–water partition coefficient (Wildman–Crippen LogP) is 6.43. The van der Waals surface area contributed by atoms with Gasteiger partial charge in [-0.1, -0.05) is 66.7 Å². The summed E-state index contributed by atoms with van der Waals surface area (Å²) in [5, 5.41) is 7.93. The molecule has 0 aromatic heterocycles. The minimum Gasteiger partial charge on any atom is -0.360 e. The normalized spacial score (nSPS) is 22.9. The van der Waals surface area contributed by atoms with E-state index in [-0.39, 0.29) is 0 Å². The summed E-state index contributed by atoms with van der Waals surface area (Å²) in [7, 11) is 0. The number of hydrogen-bond acceptors (Lipinski definition) is 1. The van der Waals surface area contributed by atoms with Gasteiger partial charge in [0, 0.05) is 11.7 Å². The first kappa shape index (κ1) is 20.2. The molecule has 2 unspecified atom stereocenters. The Morgan fingerprint density at radius 1 is 1.08 bits per heavy atom. The van der Waals surface area contributed by atoms with Crippen LogP contribution in [0.3, 0.4) is 0 Å². The lowest BCUT2D eigenvalue weighted by Gasteiger charge is -2.39. The van der Waals surface area contributed by atoms with Gasteiger partial charge in [-0.15, -0.1) is 0 Å². The molecule has 3 heteroatoms. The molecule has 1 aliphatic rings. The monoisotopic (exact) mass is 360 g/mol. The summed E-state index contributed by atoms with van der Waals surface area (Å²) in [4.78, 5) is 0. The van der Waals surface area contributed by atoms with Gasteiger partial charge in [-0.25, -0.2) is 0 Å². The number of rotatable bonds is 4. The Kier molecular flexibility index (Phi) is 6.53. The van der Waals surface area contributed by atoms with Crippen molar-refractivity contribution in [3.8, 4) is 0 Å². The van der Waals surface area contributed by atoms with Crippen molar-refractivity contribution in [3.05, 3.63) is 29.3 Å². The van der Waals surface area contributed by atoms with Crippen LogP contribution in [0.5, 0.6) is 0 Å². The predicted molar refractivity (Wildman–Crippen MR) is 115 cm³/mol. The third-order valence-corrected chi connectivity index (χ3v) is 5.55. The minimum atomic E-state index is 0.393. The fourth-order valence-corrected chi connectivity index (χ4v) is 4.76. The quantitative estimate of drug-likeness (QED) is 0.605. The first-order valence-electron chi connectivity index (χ1n) is 9.79. The highest BCUT2D eigenvalue weighted by molar-refractivity contribution is 7.80. The highest BCUT2D eigenvalue weighted by atomic mass is 32.1. The van der Waals surface area contributed by atoms with Gasteiger partial charge in [0.2, 0.25) is 0 Å². The Morgan fingerprint density at radius 3 is 2.12 bits per heavy atom. The maximum Gasteiger partial charge on any atom is 0.171 e. The van der Waals surface area contributed by atoms with Gasteiger partial charge in [0.25, 0.3) is 0 Å². The van der Waals surface area contributed by atoms with E-state index in [4.69, 9.17) is 12.2 Å². The number of thiocarbonyl (C=S) groups is 1. The number of benzene rings is 1. The van der Waals surface area contributed by atoms with Crippen molar-refractivity contribution in [1.82, 2.24) is 5.32 Å². The molecule has 2 N–H and O–H groups in total. The second-order valence-corrected chi connectivity index (χ2v) is 9.74. The topological polar surface area (TPSA) is 24.1 Å². The van der Waals surface area contributed by atoms with E-state index in [1.54, 1.807) is 0 Å². The second-order valence-electron chi connectivity index (χ2n) is 9.33. The lowest BCUT2D eigenvalue weighted by Crippen LogP contribution is -2.44. The van der Waals surface area contributed by atoms with Gasteiger partial charge in [0.05, 0.1) is 0 Å². The lowest BCUT2D eigenvalue weighted by molar-refractivity contribution is 0.162. The van der Waals surface area contributed by atoms with Crippen molar-refractivity contribution in [2.75, 3.05) is 5.32 Å². The zero-order valence-corrected chi connectivity index (χ0v) is 17.9. The van der Waals surface area contributed by atoms with E-state index in [9.17, 15) is 0 Å². The van der Waals surface area contributed by atoms with Gasteiger partial charge < -0.3 is 10.6 Å². The van der Waals surface area contributed by atoms with E-state index in [0.717, 1.165) is 11.0 Å². The van der Waals surface area contributed by atoms with Gasteiger partial charge in [-0.2, -0.15) is 0 Å². The van der Waals surface area contributed by atoms with E-state index < -0.39 is 0 Å². The standard InChI is InChI=1S/C22H36N2S/c1-14(2)18-9-8-10-19(15(3)4)20(18)24-21(25)23-17-11-16(5)12-22(6,7)13-17/h8-10,14-17H,11-13H2,1-7H3,(H2,23,24,25). The van der Waals surface area contributed by atoms with Crippen molar-refractivity contribution in [2.24, 2.45) is 11.3 Å². The van der Waals surface area contributed by atoms with Crippen LogP contribution in [0.15, 0.2) is 18.2 Å². The van der Waals surface area contributed by atoms with Crippen molar-refractivity contribution in [1.29, 1.82) is 0 Å². The Morgan fingerprint density at radius 2 is 1.64 bits per heavy atom. The molecular formula is C22H36N2S. The molecule has 1 saturated carbocycles. The Bertz CT molecular complexity index is 578. The van der Waals surface area contributed by atoms with Crippen molar-refractivity contribution >= 4 is 23.0 Å². The number of nitrogens with one attached hydrogen (secondary N) is 2. The van der Waals surface area contributed by atoms with Crippen LogP contribution < -0.4 is 10.6 Å². The molecule has 2 rings (SSSR count). The fourth-order valence-electron chi connectivity index (χ4n) is 4.49. The van der Waals surface area contributed by atoms with Gasteiger partial charge in [-0.3, -0.25) is 0 Å². The van der Waals surface area contributed by atoms with Crippen LogP contribution in [0.1, 0.15) is 90.7 Å². The average Bonchev–Trinajstić information content (AvgIpc) is 2.44. The molecule has 2 atom stereocenters.